The summed E-state index contributed by atoms with van der Waals surface area (Å²) in [6, 6.07) is 6.19. The van der Waals surface area contributed by atoms with Gasteiger partial charge in [-0.3, -0.25) is 10.1 Å². The summed E-state index contributed by atoms with van der Waals surface area (Å²) in [5.74, 6) is -0.302. The van der Waals surface area contributed by atoms with Crippen LogP contribution in [0.15, 0.2) is 40.7 Å². The van der Waals surface area contributed by atoms with Crippen molar-refractivity contribution in [3.63, 3.8) is 0 Å². The third-order valence-electron chi connectivity index (χ3n) is 4.67. The average molecular weight is 394 g/mol. The van der Waals surface area contributed by atoms with E-state index < -0.39 is 10.0 Å². The van der Waals surface area contributed by atoms with Crippen molar-refractivity contribution in [2.24, 2.45) is 0 Å². The van der Waals surface area contributed by atoms with Gasteiger partial charge in [-0.05, 0) is 37.1 Å². The smallest absolute Gasteiger partial charge is 0.257 e. The first-order valence-corrected chi connectivity index (χ1v) is 11.2. The predicted octanol–water partition coefficient (Wildman–Crippen LogP) is 3.74. The molecule has 0 bridgehead atoms. The summed E-state index contributed by atoms with van der Waals surface area (Å²) in [5.41, 5.74) is 0.403. The molecule has 0 spiro atoms. The van der Waals surface area contributed by atoms with Crippen molar-refractivity contribution in [2.75, 3.05) is 11.9 Å². The van der Waals surface area contributed by atoms with Crippen LogP contribution in [0.25, 0.3) is 0 Å². The van der Waals surface area contributed by atoms with Gasteiger partial charge in [-0.1, -0.05) is 26.2 Å². The Morgan fingerprint density at radius 1 is 1.23 bits per heavy atom. The molecule has 1 aromatic heterocycles. The molecular formula is C18H23N3O3S2. The highest BCUT2D eigenvalue weighted by molar-refractivity contribution is 7.89. The number of amides is 1. The van der Waals surface area contributed by atoms with Crippen molar-refractivity contribution < 1.29 is 13.2 Å². The van der Waals surface area contributed by atoms with Gasteiger partial charge in [0.2, 0.25) is 10.0 Å². The van der Waals surface area contributed by atoms with E-state index in [0.717, 1.165) is 25.7 Å². The van der Waals surface area contributed by atoms with Crippen molar-refractivity contribution in [3.05, 3.63) is 41.4 Å². The summed E-state index contributed by atoms with van der Waals surface area (Å²) in [6.07, 6.45) is 6.78. The minimum atomic E-state index is -3.55. The highest BCUT2D eigenvalue weighted by Gasteiger charge is 2.31. The molecule has 1 heterocycles. The van der Waals surface area contributed by atoms with Gasteiger partial charge < -0.3 is 0 Å². The van der Waals surface area contributed by atoms with Crippen LogP contribution in [0.1, 0.15) is 49.4 Å². The fraction of sp³-hybridized carbons (Fsp3) is 0.444. The van der Waals surface area contributed by atoms with Gasteiger partial charge in [-0.15, -0.1) is 11.3 Å². The lowest BCUT2D eigenvalue weighted by Crippen LogP contribution is -2.41. The van der Waals surface area contributed by atoms with Crippen molar-refractivity contribution >= 4 is 32.4 Å². The molecule has 1 aromatic carbocycles. The largest absolute Gasteiger partial charge is 0.298 e. The Balaban J connectivity index is 1.76. The maximum Gasteiger partial charge on any atom is 0.257 e. The number of carbonyl (C=O) groups excluding carboxylic acids is 1. The van der Waals surface area contributed by atoms with Gasteiger partial charge in [0.15, 0.2) is 5.13 Å². The van der Waals surface area contributed by atoms with Gasteiger partial charge in [0.05, 0.1) is 4.90 Å². The quantitative estimate of drug-likeness (QED) is 0.811. The maximum atomic E-state index is 13.0. The second-order valence-corrected chi connectivity index (χ2v) is 9.10. The van der Waals surface area contributed by atoms with Crippen LogP contribution in [0.3, 0.4) is 0 Å². The molecule has 6 nitrogen and oxygen atoms in total. The molecule has 3 rings (SSSR count). The zero-order valence-electron chi connectivity index (χ0n) is 14.7. The Morgan fingerprint density at radius 2 is 1.92 bits per heavy atom. The summed E-state index contributed by atoms with van der Waals surface area (Å²) >= 11 is 1.33. The Hall–Kier alpha value is -1.77. The lowest BCUT2D eigenvalue weighted by Gasteiger charge is -2.32. The van der Waals surface area contributed by atoms with Crippen LogP contribution in [0.4, 0.5) is 5.13 Å². The van der Waals surface area contributed by atoms with E-state index in [1.165, 1.54) is 29.9 Å². The van der Waals surface area contributed by atoms with Gasteiger partial charge in [0.1, 0.15) is 0 Å². The molecular weight excluding hydrogens is 370 g/mol. The summed E-state index contributed by atoms with van der Waals surface area (Å²) in [4.78, 5) is 16.4. The Labute approximate surface area is 158 Å². The molecule has 0 saturated heterocycles. The Morgan fingerprint density at radius 3 is 2.50 bits per heavy atom. The topological polar surface area (TPSA) is 79.4 Å². The van der Waals surface area contributed by atoms with Crippen LogP contribution in [-0.4, -0.2) is 36.2 Å². The van der Waals surface area contributed by atoms with E-state index in [-0.39, 0.29) is 16.8 Å². The minimum Gasteiger partial charge on any atom is -0.298 e. The number of aromatic nitrogens is 1. The number of benzene rings is 1. The van der Waals surface area contributed by atoms with Gasteiger partial charge in [-0.2, -0.15) is 4.31 Å². The van der Waals surface area contributed by atoms with Crippen LogP contribution in [-0.2, 0) is 10.0 Å². The second kappa shape index (κ2) is 8.28. The van der Waals surface area contributed by atoms with Gasteiger partial charge >= 0.3 is 0 Å². The van der Waals surface area contributed by atoms with E-state index in [2.05, 4.69) is 10.3 Å². The van der Waals surface area contributed by atoms with Crippen molar-refractivity contribution in [1.29, 1.82) is 0 Å². The van der Waals surface area contributed by atoms with Crippen LogP contribution in [0.5, 0.6) is 0 Å². The zero-order chi connectivity index (χ0) is 18.6. The molecule has 140 valence electrons. The molecule has 0 aliphatic heterocycles. The normalized spacial score (nSPS) is 15.9. The lowest BCUT2D eigenvalue weighted by molar-refractivity contribution is 0.102. The SMILES string of the molecule is CCN(C1CCCCC1)S(=O)(=O)c1ccc(C(=O)Nc2nccs2)cc1. The first-order valence-electron chi connectivity index (χ1n) is 8.85. The van der Waals surface area contributed by atoms with E-state index >= 15 is 0 Å². The molecule has 0 radical (unpaired) electrons. The van der Waals surface area contributed by atoms with Gasteiger partial charge in [-0.25, -0.2) is 13.4 Å². The molecule has 1 fully saturated rings. The fourth-order valence-electron chi connectivity index (χ4n) is 3.36. The van der Waals surface area contributed by atoms with E-state index in [4.69, 9.17) is 0 Å². The summed E-state index contributed by atoms with van der Waals surface area (Å²) in [7, 11) is -3.55. The fourth-order valence-corrected chi connectivity index (χ4v) is 5.58. The number of anilines is 1. The third-order valence-corrected chi connectivity index (χ3v) is 7.40. The number of sulfonamides is 1. The number of carbonyl (C=O) groups is 1. The summed E-state index contributed by atoms with van der Waals surface area (Å²) < 4.78 is 27.6. The number of hydrogen-bond acceptors (Lipinski definition) is 5. The number of hydrogen-bond donors (Lipinski definition) is 1. The van der Waals surface area contributed by atoms with Crippen LogP contribution in [0.2, 0.25) is 0 Å². The van der Waals surface area contributed by atoms with E-state index in [1.54, 1.807) is 28.0 Å². The van der Waals surface area contributed by atoms with Crippen molar-refractivity contribution in [2.45, 2.75) is 50.0 Å². The minimum absolute atomic E-state index is 0.0756. The molecule has 0 atom stereocenters. The third kappa shape index (κ3) is 4.13. The summed E-state index contributed by atoms with van der Waals surface area (Å²) in [5, 5.41) is 4.98. The lowest BCUT2D eigenvalue weighted by atomic mass is 9.95. The van der Waals surface area contributed by atoms with Gasteiger partial charge in [0, 0.05) is 29.7 Å². The zero-order valence-corrected chi connectivity index (χ0v) is 16.4. The molecule has 26 heavy (non-hydrogen) atoms. The van der Waals surface area contributed by atoms with Gasteiger partial charge in [0.25, 0.3) is 5.91 Å². The Kier molecular flexibility index (Phi) is 6.05. The molecule has 8 heteroatoms. The van der Waals surface area contributed by atoms with Crippen molar-refractivity contribution in [3.8, 4) is 0 Å². The first-order chi connectivity index (χ1) is 12.5. The highest BCUT2D eigenvalue weighted by atomic mass is 32.2. The molecule has 1 N–H and O–H groups in total. The van der Waals surface area contributed by atoms with E-state index in [1.807, 2.05) is 6.92 Å². The van der Waals surface area contributed by atoms with Crippen molar-refractivity contribution in [1.82, 2.24) is 9.29 Å². The maximum absolute atomic E-state index is 13.0. The monoisotopic (exact) mass is 393 g/mol. The standard InChI is InChI=1S/C18H23N3O3S2/c1-2-21(15-6-4-3-5-7-15)26(23,24)16-10-8-14(9-11-16)17(22)20-18-19-12-13-25-18/h8-13,15H,2-7H2,1H3,(H,19,20,22). The van der Waals surface area contributed by atoms with Crippen LogP contribution in [0, 0.1) is 0 Å². The molecule has 1 saturated carbocycles. The number of rotatable bonds is 6. The first kappa shape index (κ1) is 19.0. The molecule has 0 unspecified atom stereocenters. The number of nitrogens with zero attached hydrogens (tertiary/aromatic N) is 2. The summed E-state index contributed by atoms with van der Waals surface area (Å²) in [6.45, 7) is 2.33. The number of nitrogens with one attached hydrogen (secondary N) is 1. The van der Waals surface area contributed by atoms with E-state index in [9.17, 15) is 13.2 Å². The predicted molar refractivity (Wildman–Crippen MR) is 103 cm³/mol. The molecule has 1 aliphatic carbocycles. The molecule has 2 aromatic rings. The number of thiazole rings is 1. The van der Waals surface area contributed by atoms with Crippen LogP contribution < -0.4 is 5.32 Å². The highest BCUT2D eigenvalue weighted by Crippen LogP contribution is 2.27. The second-order valence-electron chi connectivity index (χ2n) is 6.32. The van der Waals surface area contributed by atoms with Crippen LogP contribution >= 0.6 is 11.3 Å². The molecule has 1 amide bonds. The van der Waals surface area contributed by atoms with E-state index in [0.29, 0.717) is 17.2 Å². The molecule has 1 aliphatic rings. The average Bonchev–Trinajstić information content (AvgIpc) is 3.16. The Bertz CT molecular complexity index is 827.